The molecule has 0 fully saturated rings. The van der Waals surface area contributed by atoms with Crippen LogP contribution in [0.2, 0.25) is 0 Å². The lowest BCUT2D eigenvalue weighted by Crippen LogP contribution is -1.98. The Hall–Kier alpha value is 0.530. The molecule has 0 aromatic heterocycles. The van der Waals surface area contributed by atoms with E-state index in [0.29, 0.717) is 0 Å². The van der Waals surface area contributed by atoms with Crippen molar-refractivity contribution in [3.8, 4) is 0 Å². The SMILES string of the molecule is CCC(C)[S+]=P(O)(O)OC. The van der Waals surface area contributed by atoms with E-state index in [-0.39, 0.29) is 5.25 Å². The van der Waals surface area contributed by atoms with Crippen molar-refractivity contribution in [2.45, 2.75) is 25.5 Å². The van der Waals surface area contributed by atoms with Crippen LogP contribution >= 0.6 is 6.72 Å². The highest BCUT2D eigenvalue weighted by Gasteiger charge is 2.26. The van der Waals surface area contributed by atoms with Crippen LogP contribution in [0, 0.1) is 0 Å². The molecule has 0 saturated carbocycles. The molecule has 0 radical (unpaired) electrons. The summed E-state index contributed by atoms with van der Waals surface area (Å²) in [6.07, 6.45) is 0.914. The Balaban J connectivity index is 4.12. The second-order valence-corrected chi connectivity index (χ2v) is 6.42. The Kier molecular flexibility index (Phi) is 4.65. The smallest absolute Gasteiger partial charge is 0.289 e. The van der Waals surface area contributed by atoms with E-state index in [2.05, 4.69) is 4.52 Å². The maximum Gasteiger partial charge on any atom is 0.517 e. The van der Waals surface area contributed by atoms with Crippen molar-refractivity contribution in [3.63, 3.8) is 0 Å². The first-order chi connectivity index (χ1) is 4.52. The highest BCUT2D eigenvalue weighted by Crippen LogP contribution is 2.38. The van der Waals surface area contributed by atoms with Gasteiger partial charge in [0.15, 0.2) is 5.25 Å². The van der Waals surface area contributed by atoms with Crippen molar-refractivity contribution >= 4 is 17.7 Å². The lowest BCUT2D eigenvalue weighted by molar-refractivity contribution is 0.306. The van der Waals surface area contributed by atoms with Gasteiger partial charge in [0.25, 0.3) is 0 Å². The Morgan fingerprint density at radius 2 is 2.10 bits per heavy atom. The van der Waals surface area contributed by atoms with E-state index < -0.39 is 6.72 Å². The Labute approximate surface area is 65.2 Å². The molecule has 1 atom stereocenters. The predicted octanol–water partition coefficient (Wildman–Crippen LogP) is 1.18. The lowest BCUT2D eigenvalue weighted by Gasteiger charge is -1.96. The van der Waals surface area contributed by atoms with Gasteiger partial charge in [-0.15, -0.1) is 0 Å². The quantitative estimate of drug-likeness (QED) is 0.512. The molecule has 0 aliphatic rings. The van der Waals surface area contributed by atoms with Crippen LogP contribution in [0.25, 0.3) is 0 Å². The third-order valence-electron chi connectivity index (χ3n) is 1.13. The van der Waals surface area contributed by atoms with Gasteiger partial charge in [0.2, 0.25) is 10.9 Å². The van der Waals surface area contributed by atoms with Crippen molar-refractivity contribution in [2.75, 3.05) is 7.11 Å². The third-order valence-corrected chi connectivity index (χ3v) is 4.92. The minimum Gasteiger partial charge on any atom is -0.289 e. The van der Waals surface area contributed by atoms with Gasteiger partial charge in [0.05, 0.1) is 0 Å². The molecule has 0 amide bonds. The van der Waals surface area contributed by atoms with Crippen LogP contribution < -0.4 is 0 Å². The van der Waals surface area contributed by atoms with Crippen LogP contribution in [0.15, 0.2) is 0 Å². The molecule has 0 aromatic carbocycles. The summed E-state index contributed by atoms with van der Waals surface area (Å²) in [4.78, 5) is 18.1. The van der Waals surface area contributed by atoms with Gasteiger partial charge < -0.3 is 0 Å². The molecule has 10 heavy (non-hydrogen) atoms. The van der Waals surface area contributed by atoms with Gasteiger partial charge in [-0.3, -0.25) is 14.3 Å². The van der Waals surface area contributed by atoms with Crippen molar-refractivity contribution < 1.29 is 14.3 Å². The zero-order valence-corrected chi connectivity index (χ0v) is 8.15. The fraction of sp³-hybridized carbons (Fsp3) is 1.00. The molecule has 1 unspecified atom stereocenters. The molecule has 0 bridgehead atoms. The van der Waals surface area contributed by atoms with Crippen molar-refractivity contribution in [1.29, 1.82) is 0 Å². The summed E-state index contributed by atoms with van der Waals surface area (Å²) < 4.78 is 4.50. The summed E-state index contributed by atoms with van der Waals surface area (Å²) in [5.41, 5.74) is 0. The molecule has 0 rings (SSSR count). The average Bonchev–Trinajstić information content (AvgIpc) is 1.87. The standard InChI is InChI=1S/C5H14O3PS/c1-4-5(2)10-9(6,7)8-3/h5-7H,4H2,1-3H3/q+1. The van der Waals surface area contributed by atoms with E-state index in [1.807, 2.05) is 13.8 Å². The molecule has 3 nitrogen and oxygen atoms in total. The Morgan fingerprint density at radius 3 is 2.40 bits per heavy atom. The summed E-state index contributed by atoms with van der Waals surface area (Å²) >= 11 is 0. The average molecular weight is 185 g/mol. The minimum atomic E-state index is -3.08. The molecule has 0 aromatic rings. The van der Waals surface area contributed by atoms with Gasteiger partial charge in [-0.1, -0.05) is 6.92 Å². The zero-order valence-electron chi connectivity index (χ0n) is 6.44. The first kappa shape index (κ1) is 10.5. The summed E-state index contributed by atoms with van der Waals surface area (Å²) in [6, 6.07) is 0. The highest BCUT2D eigenvalue weighted by molar-refractivity contribution is 8.17. The zero-order chi connectivity index (χ0) is 8.20. The van der Waals surface area contributed by atoms with Gasteiger partial charge in [0.1, 0.15) is 0 Å². The summed E-state index contributed by atoms with van der Waals surface area (Å²) in [5, 5.41) is 0.239. The minimum absolute atomic E-state index is 0.239. The molecule has 5 heteroatoms. The molecular weight excluding hydrogens is 171 g/mol. The Morgan fingerprint density at radius 1 is 1.60 bits per heavy atom. The topological polar surface area (TPSA) is 49.7 Å². The first-order valence-corrected chi connectivity index (χ1v) is 6.20. The van der Waals surface area contributed by atoms with Gasteiger partial charge in [-0.2, -0.15) is 0 Å². The normalized spacial score (nSPS) is 14.9. The molecule has 62 valence electrons. The van der Waals surface area contributed by atoms with E-state index in [4.69, 9.17) is 9.79 Å². The lowest BCUT2D eigenvalue weighted by atomic mass is 10.4. The molecular formula is C5H14O3PS+. The van der Waals surface area contributed by atoms with Crippen molar-refractivity contribution in [1.82, 2.24) is 0 Å². The monoisotopic (exact) mass is 185 g/mol. The largest absolute Gasteiger partial charge is 0.517 e. The van der Waals surface area contributed by atoms with E-state index in [1.54, 1.807) is 0 Å². The number of hydrogen-bond acceptors (Lipinski definition) is 1. The van der Waals surface area contributed by atoms with E-state index in [9.17, 15) is 0 Å². The van der Waals surface area contributed by atoms with Crippen LogP contribution in [0.1, 0.15) is 20.3 Å². The van der Waals surface area contributed by atoms with Gasteiger partial charge in [0, 0.05) is 13.5 Å². The van der Waals surface area contributed by atoms with Crippen molar-refractivity contribution in [3.05, 3.63) is 0 Å². The summed E-state index contributed by atoms with van der Waals surface area (Å²) in [7, 11) is 2.41. The van der Waals surface area contributed by atoms with Crippen LogP contribution in [-0.2, 0) is 15.5 Å². The van der Waals surface area contributed by atoms with Crippen LogP contribution in [0.3, 0.4) is 0 Å². The van der Waals surface area contributed by atoms with Crippen LogP contribution in [-0.4, -0.2) is 22.1 Å². The van der Waals surface area contributed by atoms with E-state index >= 15 is 0 Å². The van der Waals surface area contributed by atoms with Crippen LogP contribution in [0.4, 0.5) is 0 Å². The summed E-state index contributed by atoms with van der Waals surface area (Å²) in [5.74, 6) is 0. The van der Waals surface area contributed by atoms with E-state index in [0.717, 1.165) is 17.4 Å². The molecule has 2 N–H and O–H groups in total. The Bertz CT molecular complexity index is 142. The molecule has 0 aliphatic carbocycles. The molecule has 0 aliphatic heterocycles. The van der Waals surface area contributed by atoms with Crippen molar-refractivity contribution in [2.24, 2.45) is 0 Å². The van der Waals surface area contributed by atoms with E-state index in [1.165, 1.54) is 7.11 Å². The fourth-order valence-corrected chi connectivity index (χ4v) is 3.17. The predicted molar refractivity (Wildman–Crippen MR) is 45.5 cm³/mol. The van der Waals surface area contributed by atoms with Gasteiger partial charge in [-0.25, -0.2) is 0 Å². The maximum atomic E-state index is 9.03. The molecule has 0 spiro atoms. The fourth-order valence-electron chi connectivity index (χ4n) is 0.352. The molecule has 0 saturated heterocycles. The summed E-state index contributed by atoms with van der Waals surface area (Å²) in [6.45, 7) is 0.849. The third kappa shape index (κ3) is 4.36. The maximum absolute atomic E-state index is 9.03. The van der Waals surface area contributed by atoms with Crippen LogP contribution in [0.5, 0.6) is 0 Å². The number of hydrogen-bond donors (Lipinski definition) is 2. The molecule has 0 heterocycles. The van der Waals surface area contributed by atoms with Gasteiger partial charge >= 0.3 is 6.72 Å². The number of rotatable bonds is 3. The second-order valence-electron chi connectivity index (χ2n) is 2.00. The highest BCUT2D eigenvalue weighted by atomic mass is 32.5. The van der Waals surface area contributed by atoms with Gasteiger partial charge in [-0.05, 0) is 6.92 Å². The second kappa shape index (κ2) is 4.42. The first-order valence-electron chi connectivity index (χ1n) is 3.10.